The molecule has 0 aromatic heterocycles. The van der Waals surface area contributed by atoms with E-state index in [0.717, 1.165) is 31.3 Å². The van der Waals surface area contributed by atoms with Gasteiger partial charge in [-0.2, -0.15) is 0 Å². The second-order valence-electron chi connectivity index (χ2n) is 7.57. The van der Waals surface area contributed by atoms with E-state index in [9.17, 15) is 4.79 Å². The molecule has 0 amide bonds. The van der Waals surface area contributed by atoms with Crippen molar-refractivity contribution in [3.05, 3.63) is 0 Å². The molecule has 4 saturated carbocycles. The van der Waals surface area contributed by atoms with Crippen LogP contribution in [0.5, 0.6) is 0 Å². The van der Waals surface area contributed by atoms with Crippen molar-refractivity contribution < 1.29 is 9.53 Å². The summed E-state index contributed by atoms with van der Waals surface area (Å²) in [6.07, 6.45) is 9.40. The summed E-state index contributed by atoms with van der Waals surface area (Å²) < 4.78 is 5.08. The second-order valence-corrected chi connectivity index (χ2v) is 7.57. The molecular formula is C16H26O2. The quantitative estimate of drug-likeness (QED) is 0.697. The van der Waals surface area contributed by atoms with Gasteiger partial charge in [-0.3, -0.25) is 4.79 Å². The van der Waals surface area contributed by atoms with Crippen LogP contribution in [-0.4, -0.2) is 19.5 Å². The van der Waals surface area contributed by atoms with Gasteiger partial charge in [0.1, 0.15) is 5.78 Å². The van der Waals surface area contributed by atoms with E-state index in [4.69, 9.17) is 4.74 Å². The van der Waals surface area contributed by atoms with Gasteiger partial charge in [-0.25, -0.2) is 0 Å². The molecule has 18 heavy (non-hydrogen) atoms. The third-order valence-electron chi connectivity index (χ3n) is 5.70. The van der Waals surface area contributed by atoms with Crippen LogP contribution in [0.2, 0.25) is 0 Å². The first-order valence-electron chi connectivity index (χ1n) is 7.58. The van der Waals surface area contributed by atoms with E-state index >= 15 is 0 Å². The molecule has 2 atom stereocenters. The summed E-state index contributed by atoms with van der Waals surface area (Å²) in [4.78, 5) is 12.7. The maximum atomic E-state index is 12.7. The van der Waals surface area contributed by atoms with E-state index in [-0.39, 0.29) is 5.41 Å². The summed E-state index contributed by atoms with van der Waals surface area (Å²) >= 11 is 0. The summed E-state index contributed by atoms with van der Waals surface area (Å²) in [6, 6.07) is 0. The van der Waals surface area contributed by atoms with Crippen LogP contribution in [0.3, 0.4) is 0 Å². The van der Waals surface area contributed by atoms with E-state index in [0.29, 0.717) is 11.2 Å². The van der Waals surface area contributed by atoms with Crippen LogP contribution in [0.1, 0.15) is 58.3 Å². The molecule has 4 rings (SSSR count). The van der Waals surface area contributed by atoms with Crippen LogP contribution in [-0.2, 0) is 9.53 Å². The van der Waals surface area contributed by atoms with Crippen molar-refractivity contribution in [1.29, 1.82) is 0 Å². The zero-order chi connectivity index (χ0) is 12.8. The lowest BCUT2D eigenvalue weighted by Gasteiger charge is -2.60. The molecule has 0 aliphatic heterocycles. The average molecular weight is 250 g/mol. The molecule has 4 aliphatic rings. The minimum Gasteiger partial charge on any atom is -0.385 e. The highest BCUT2D eigenvalue weighted by Gasteiger charge is 2.58. The monoisotopic (exact) mass is 250 g/mol. The van der Waals surface area contributed by atoms with Crippen molar-refractivity contribution in [1.82, 2.24) is 0 Å². The number of ketones is 1. The minimum atomic E-state index is 0.0760. The predicted molar refractivity (Wildman–Crippen MR) is 71.3 cm³/mol. The summed E-state index contributed by atoms with van der Waals surface area (Å²) in [5.74, 6) is 2.25. The van der Waals surface area contributed by atoms with Gasteiger partial charge in [0.2, 0.25) is 0 Å². The van der Waals surface area contributed by atoms with Crippen molar-refractivity contribution >= 4 is 5.78 Å². The van der Waals surface area contributed by atoms with E-state index in [1.807, 2.05) is 0 Å². The van der Waals surface area contributed by atoms with Crippen LogP contribution < -0.4 is 0 Å². The Bertz CT molecular complexity index is 333. The molecule has 2 heteroatoms. The standard InChI is InChI=1S/C16H26O2/c1-15-7-12-6-13(8-15)10-16(9-12,11-15)14(17)4-3-5-18-2/h12-13H,3-11H2,1-2H3. The molecular weight excluding hydrogens is 224 g/mol. The molecule has 4 fully saturated rings. The van der Waals surface area contributed by atoms with Gasteiger partial charge in [0, 0.05) is 25.6 Å². The summed E-state index contributed by atoms with van der Waals surface area (Å²) in [5.41, 5.74) is 0.563. The number of rotatable bonds is 5. The Kier molecular flexibility index (Phi) is 3.04. The zero-order valence-electron chi connectivity index (χ0n) is 11.8. The van der Waals surface area contributed by atoms with Gasteiger partial charge in [-0.15, -0.1) is 0 Å². The predicted octanol–water partition coefficient (Wildman–Crippen LogP) is 3.59. The molecule has 0 spiro atoms. The van der Waals surface area contributed by atoms with Gasteiger partial charge in [-0.05, 0) is 62.2 Å². The van der Waals surface area contributed by atoms with E-state index in [1.165, 1.54) is 38.5 Å². The van der Waals surface area contributed by atoms with Crippen molar-refractivity contribution in [2.75, 3.05) is 13.7 Å². The lowest BCUT2D eigenvalue weighted by atomic mass is 9.43. The number of hydrogen-bond acceptors (Lipinski definition) is 2. The van der Waals surface area contributed by atoms with Crippen LogP contribution in [0, 0.1) is 22.7 Å². The first-order valence-corrected chi connectivity index (χ1v) is 7.58. The van der Waals surface area contributed by atoms with E-state index in [1.54, 1.807) is 7.11 Å². The van der Waals surface area contributed by atoms with Crippen LogP contribution >= 0.6 is 0 Å². The largest absolute Gasteiger partial charge is 0.385 e. The molecule has 4 bridgehead atoms. The summed E-state index contributed by atoms with van der Waals surface area (Å²) in [5, 5.41) is 0. The molecule has 0 heterocycles. The van der Waals surface area contributed by atoms with Gasteiger partial charge in [0.15, 0.2) is 0 Å². The van der Waals surface area contributed by atoms with E-state index in [2.05, 4.69) is 6.92 Å². The fraction of sp³-hybridized carbons (Fsp3) is 0.938. The maximum Gasteiger partial charge on any atom is 0.139 e. The normalized spacial score (nSPS) is 45.4. The molecule has 0 N–H and O–H groups in total. The Hall–Kier alpha value is -0.370. The van der Waals surface area contributed by atoms with Crippen molar-refractivity contribution in [3.63, 3.8) is 0 Å². The summed E-state index contributed by atoms with van der Waals surface area (Å²) in [7, 11) is 1.72. The smallest absolute Gasteiger partial charge is 0.139 e. The van der Waals surface area contributed by atoms with Crippen molar-refractivity contribution in [3.8, 4) is 0 Å². The Labute approximate surface area is 110 Å². The molecule has 4 aliphatic carbocycles. The zero-order valence-corrected chi connectivity index (χ0v) is 11.8. The van der Waals surface area contributed by atoms with Gasteiger partial charge in [0.25, 0.3) is 0 Å². The fourth-order valence-electron chi connectivity index (χ4n) is 5.69. The molecule has 102 valence electrons. The van der Waals surface area contributed by atoms with Gasteiger partial charge < -0.3 is 4.74 Å². The van der Waals surface area contributed by atoms with Crippen molar-refractivity contribution in [2.24, 2.45) is 22.7 Å². The molecule has 2 unspecified atom stereocenters. The summed E-state index contributed by atoms with van der Waals surface area (Å²) in [6.45, 7) is 3.16. The van der Waals surface area contributed by atoms with E-state index < -0.39 is 0 Å². The Morgan fingerprint density at radius 1 is 1.22 bits per heavy atom. The Morgan fingerprint density at radius 3 is 2.44 bits per heavy atom. The topological polar surface area (TPSA) is 26.3 Å². The van der Waals surface area contributed by atoms with Crippen LogP contribution in [0.4, 0.5) is 0 Å². The SMILES string of the molecule is COCCCC(=O)C12CC3CC(CC(C)(C3)C1)C2. The fourth-order valence-corrected chi connectivity index (χ4v) is 5.69. The van der Waals surface area contributed by atoms with Crippen molar-refractivity contribution in [2.45, 2.75) is 58.3 Å². The van der Waals surface area contributed by atoms with Gasteiger partial charge in [-0.1, -0.05) is 6.92 Å². The number of hydrogen-bond donors (Lipinski definition) is 0. The van der Waals surface area contributed by atoms with Gasteiger partial charge >= 0.3 is 0 Å². The first kappa shape index (κ1) is 12.7. The lowest BCUT2D eigenvalue weighted by molar-refractivity contribution is -0.153. The average Bonchev–Trinajstić information content (AvgIpc) is 2.25. The number of carbonyl (C=O) groups excluding carboxylic acids is 1. The molecule has 0 aromatic rings. The highest BCUT2D eigenvalue weighted by molar-refractivity contribution is 5.85. The number of methoxy groups -OCH3 is 1. The number of Topliss-reactive ketones (excluding diaryl/α,β-unsaturated/α-hetero) is 1. The number of ether oxygens (including phenoxy) is 1. The third kappa shape index (κ3) is 2.03. The van der Waals surface area contributed by atoms with Crippen LogP contribution in [0.25, 0.3) is 0 Å². The Morgan fingerprint density at radius 2 is 1.89 bits per heavy atom. The third-order valence-corrected chi connectivity index (χ3v) is 5.70. The minimum absolute atomic E-state index is 0.0760. The first-order chi connectivity index (χ1) is 8.55. The molecule has 0 aromatic carbocycles. The second kappa shape index (κ2) is 4.33. The molecule has 2 nitrogen and oxygen atoms in total. The lowest BCUT2D eigenvalue weighted by Crippen LogP contribution is -2.54. The Balaban J connectivity index is 1.72. The molecule has 0 saturated heterocycles. The van der Waals surface area contributed by atoms with Crippen LogP contribution in [0.15, 0.2) is 0 Å². The molecule has 0 radical (unpaired) electrons. The number of carbonyl (C=O) groups is 1. The highest BCUT2D eigenvalue weighted by atomic mass is 16.5. The highest BCUT2D eigenvalue weighted by Crippen LogP contribution is 2.65. The maximum absolute atomic E-state index is 12.7. The van der Waals surface area contributed by atoms with Gasteiger partial charge in [0.05, 0.1) is 0 Å².